The predicted octanol–water partition coefficient (Wildman–Crippen LogP) is 0.842. The van der Waals surface area contributed by atoms with Gasteiger partial charge in [0.05, 0.1) is 0 Å². The molecule has 0 aromatic rings. The molecule has 5 nitrogen and oxygen atoms in total. The summed E-state index contributed by atoms with van der Waals surface area (Å²) < 4.78 is 0. The van der Waals surface area contributed by atoms with Crippen molar-refractivity contribution in [2.75, 3.05) is 20.1 Å². The van der Waals surface area contributed by atoms with Gasteiger partial charge in [0.15, 0.2) is 0 Å². The summed E-state index contributed by atoms with van der Waals surface area (Å²) in [5, 5.41) is 2.69. The van der Waals surface area contributed by atoms with Crippen LogP contribution in [0.15, 0.2) is 0 Å². The van der Waals surface area contributed by atoms with Crippen molar-refractivity contribution in [1.82, 2.24) is 15.1 Å². The van der Waals surface area contributed by atoms with E-state index in [1.807, 2.05) is 0 Å². The van der Waals surface area contributed by atoms with Crippen LogP contribution in [0.25, 0.3) is 0 Å². The molecule has 19 heavy (non-hydrogen) atoms. The molecule has 1 N–H and O–H groups in total. The van der Waals surface area contributed by atoms with Gasteiger partial charge >= 0.3 is 0 Å². The van der Waals surface area contributed by atoms with Crippen molar-refractivity contribution in [2.24, 2.45) is 0 Å². The van der Waals surface area contributed by atoms with Crippen LogP contribution < -0.4 is 5.32 Å². The molecule has 0 aromatic heterocycles. The van der Waals surface area contributed by atoms with E-state index in [4.69, 9.17) is 0 Å². The zero-order valence-electron chi connectivity index (χ0n) is 12.8. The predicted molar refractivity (Wildman–Crippen MR) is 75.8 cm³/mol. The van der Waals surface area contributed by atoms with Crippen molar-refractivity contribution < 1.29 is 9.59 Å². The number of rotatable bonds is 6. The normalized spacial score (nSPS) is 24.3. The summed E-state index contributed by atoms with van der Waals surface area (Å²) in [6, 6.07) is -0.185. The SMILES string of the molecule is CC1NC(=O)C(C)N(CCCCN(C)C(C)C)C1=O. The molecular formula is C14H27N3O2. The second-order valence-corrected chi connectivity index (χ2v) is 5.72. The smallest absolute Gasteiger partial charge is 0.245 e. The second kappa shape index (κ2) is 6.89. The number of carbonyl (C=O) groups excluding carboxylic acids is 2. The molecular weight excluding hydrogens is 242 g/mol. The topological polar surface area (TPSA) is 52.7 Å². The summed E-state index contributed by atoms with van der Waals surface area (Å²) in [7, 11) is 2.11. The summed E-state index contributed by atoms with van der Waals surface area (Å²) in [5.74, 6) is -0.0179. The van der Waals surface area contributed by atoms with Crippen LogP contribution in [-0.2, 0) is 9.59 Å². The molecule has 1 saturated heterocycles. The zero-order valence-corrected chi connectivity index (χ0v) is 12.8. The van der Waals surface area contributed by atoms with Crippen molar-refractivity contribution in [3.63, 3.8) is 0 Å². The van der Waals surface area contributed by atoms with E-state index in [-0.39, 0.29) is 23.9 Å². The highest BCUT2D eigenvalue weighted by molar-refractivity contribution is 5.96. The number of hydrogen-bond donors (Lipinski definition) is 1. The van der Waals surface area contributed by atoms with Gasteiger partial charge in [-0.25, -0.2) is 0 Å². The summed E-state index contributed by atoms with van der Waals surface area (Å²) in [5.41, 5.74) is 0. The Kier molecular flexibility index (Phi) is 5.79. The lowest BCUT2D eigenvalue weighted by Crippen LogP contribution is -2.61. The highest BCUT2D eigenvalue weighted by Crippen LogP contribution is 2.11. The molecule has 1 heterocycles. The van der Waals surface area contributed by atoms with Crippen LogP contribution >= 0.6 is 0 Å². The van der Waals surface area contributed by atoms with E-state index in [0.29, 0.717) is 12.6 Å². The number of piperazine rings is 1. The van der Waals surface area contributed by atoms with E-state index in [9.17, 15) is 9.59 Å². The van der Waals surface area contributed by atoms with Gasteiger partial charge in [0, 0.05) is 12.6 Å². The average Bonchev–Trinajstić information content (AvgIpc) is 2.35. The van der Waals surface area contributed by atoms with Gasteiger partial charge < -0.3 is 15.1 Å². The van der Waals surface area contributed by atoms with Gasteiger partial charge in [-0.15, -0.1) is 0 Å². The summed E-state index contributed by atoms with van der Waals surface area (Å²) >= 11 is 0. The molecule has 1 rings (SSSR count). The van der Waals surface area contributed by atoms with Crippen LogP contribution in [0.4, 0.5) is 0 Å². The lowest BCUT2D eigenvalue weighted by atomic mass is 10.1. The highest BCUT2D eigenvalue weighted by Gasteiger charge is 2.35. The third-order valence-corrected chi connectivity index (χ3v) is 3.90. The van der Waals surface area contributed by atoms with Crippen LogP contribution in [0.3, 0.4) is 0 Å². The minimum Gasteiger partial charge on any atom is -0.343 e. The fraction of sp³-hybridized carbons (Fsp3) is 0.857. The van der Waals surface area contributed by atoms with Crippen LogP contribution in [0.5, 0.6) is 0 Å². The molecule has 5 heteroatoms. The summed E-state index contributed by atoms with van der Waals surface area (Å²) in [4.78, 5) is 27.7. The van der Waals surface area contributed by atoms with E-state index in [1.165, 1.54) is 0 Å². The summed E-state index contributed by atoms with van der Waals surface area (Å²) in [6.07, 6.45) is 1.98. The summed E-state index contributed by atoms with van der Waals surface area (Å²) in [6.45, 7) is 9.56. The molecule has 110 valence electrons. The van der Waals surface area contributed by atoms with Gasteiger partial charge in [0.25, 0.3) is 0 Å². The van der Waals surface area contributed by atoms with Crippen molar-refractivity contribution in [1.29, 1.82) is 0 Å². The first kappa shape index (κ1) is 16.0. The van der Waals surface area contributed by atoms with Gasteiger partial charge in [-0.2, -0.15) is 0 Å². The first-order valence-electron chi connectivity index (χ1n) is 7.15. The van der Waals surface area contributed by atoms with Crippen LogP contribution in [0.1, 0.15) is 40.5 Å². The molecule has 0 aliphatic carbocycles. The molecule has 2 atom stereocenters. The molecule has 2 unspecified atom stereocenters. The largest absolute Gasteiger partial charge is 0.343 e. The zero-order chi connectivity index (χ0) is 14.6. The van der Waals surface area contributed by atoms with E-state index in [2.05, 4.69) is 31.1 Å². The van der Waals surface area contributed by atoms with E-state index >= 15 is 0 Å². The molecule has 0 aromatic carbocycles. The Labute approximate surface area is 116 Å². The highest BCUT2D eigenvalue weighted by atomic mass is 16.2. The Morgan fingerprint density at radius 1 is 1.26 bits per heavy atom. The monoisotopic (exact) mass is 269 g/mol. The lowest BCUT2D eigenvalue weighted by molar-refractivity contribution is -0.148. The first-order valence-corrected chi connectivity index (χ1v) is 7.15. The Balaban J connectivity index is 2.38. The number of unbranched alkanes of at least 4 members (excludes halogenated alkanes) is 1. The van der Waals surface area contributed by atoms with E-state index in [0.717, 1.165) is 19.4 Å². The minimum atomic E-state index is -0.387. The lowest BCUT2D eigenvalue weighted by Gasteiger charge is -2.36. The first-order chi connectivity index (χ1) is 8.84. The van der Waals surface area contributed by atoms with Crippen LogP contribution in [-0.4, -0.2) is 59.9 Å². The van der Waals surface area contributed by atoms with Crippen molar-refractivity contribution in [2.45, 2.75) is 58.7 Å². The third kappa shape index (κ3) is 4.20. The minimum absolute atomic E-state index is 0.0318. The fourth-order valence-corrected chi connectivity index (χ4v) is 2.18. The number of hydrogen-bond acceptors (Lipinski definition) is 3. The van der Waals surface area contributed by atoms with E-state index in [1.54, 1.807) is 18.7 Å². The standard InChI is InChI=1S/C14H27N3O2/c1-10(2)16(5)8-6-7-9-17-12(4)13(18)15-11(3)14(17)19/h10-12H,6-9H2,1-5H3,(H,15,18). The maximum Gasteiger partial charge on any atom is 0.245 e. The van der Waals surface area contributed by atoms with Crippen LogP contribution in [0.2, 0.25) is 0 Å². The third-order valence-electron chi connectivity index (χ3n) is 3.90. The Morgan fingerprint density at radius 3 is 2.47 bits per heavy atom. The molecule has 0 bridgehead atoms. The molecule has 1 fully saturated rings. The van der Waals surface area contributed by atoms with Gasteiger partial charge in [-0.05, 0) is 54.1 Å². The number of nitrogens with one attached hydrogen (secondary N) is 1. The van der Waals surface area contributed by atoms with Gasteiger partial charge in [0.1, 0.15) is 12.1 Å². The van der Waals surface area contributed by atoms with E-state index < -0.39 is 0 Å². The number of carbonyl (C=O) groups is 2. The van der Waals surface area contributed by atoms with Crippen LogP contribution in [0, 0.1) is 0 Å². The van der Waals surface area contributed by atoms with Crippen molar-refractivity contribution >= 4 is 11.8 Å². The molecule has 2 amide bonds. The Hall–Kier alpha value is -1.10. The molecule has 0 saturated carbocycles. The second-order valence-electron chi connectivity index (χ2n) is 5.72. The Bertz CT molecular complexity index is 331. The molecule has 0 spiro atoms. The number of nitrogens with zero attached hydrogens (tertiary/aromatic N) is 2. The quantitative estimate of drug-likeness (QED) is 0.727. The Morgan fingerprint density at radius 2 is 1.89 bits per heavy atom. The van der Waals surface area contributed by atoms with Crippen molar-refractivity contribution in [3.05, 3.63) is 0 Å². The van der Waals surface area contributed by atoms with Gasteiger partial charge in [-0.3, -0.25) is 9.59 Å². The maximum atomic E-state index is 12.0. The maximum absolute atomic E-state index is 12.0. The molecule has 1 aliphatic rings. The van der Waals surface area contributed by atoms with Crippen molar-refractivity contribution in [3.8, 4) is 0 Å². The average molecular weight is 269 g/mol. The van der Waals surface area contributed by atoms with Gasteiger partial charge in [0.2, 0.25) is 11.8 Å². The fourth-order valence-electron chi connectivity index (χ4n) is 2.18. The molecule has 0 radical (unpaired) electrons. The molecule has 1 aliphatic heterocycles. The number of amides is 2. The van der Waals surface area contributed by atoms with Gasteiger partial charge in [-0.1, -0.05) is 0 Å².